The van der Waals surface area contributed by atoms with Crippen molar-refractivity contribution in [3.63, 3.8) is 0 Å². The molecule has 0 aliphatic carbocycles. The first-order valence-corrected chi connectivity index (χ1v) is 16.5. The Labute approximate surface area is 303 Å². The number of nitrogens with zero attached hydrogens (tertiary/aromatic N) is 1. The van der Waals surface area contributed by atoms with Crippen LogP contribution in [0.25, 0.3) is 22.3 Å². The van der Waals surface area contributed by atoms with E-state index in [0.29, 0.717) is 13.2 Å². The van der Waals surface area contributed by atoms with Crippen LogP contribution in [0.4, 0.5) is 11.4 Å². The van der Waals surface area contributed by atoms with Crippen LogP contribution in [0.3, 0.4) is 0 Å². The average molecular weight is 800 g/mol. The van der Waals surface area contributed by atoms with Crippen molar-refractivity contribution in [3.8, 4) is 33.8 Å². The molecule has 5 heteroatoms. The summed E-state index contributed by atoms with van der Waals surface area (Å²) in [6.07, 6.45) is 0.767. The smallest absolute Gasteiger partial charge is 0.142 e. The van der Waals surface area contributed by atoms with Gasteiger partial charge in [0.05, 0.1) is 5.69 Å². The Kier molecular flexibility index (Phi) is 12.1. The molecule has 0 unspecified atom stereocenters. The number of hydrogen-bond donors (Lipinski definition) is 2. The summed E-state index contributed by atoms with van der Waals surface area (Å²) < 4.78 is 5.45. The summed E-state index contributed by atoms with van der Waals surface area (Å²) in [5.74, 6) is 0.540. The molecule has 4 nitrogen and oxygen atoms in total. The van der Waals surface area contributed by atoms with Gasteiger partial charge in [0.25, 0.3) is 0 Å². The molecule has 250 valence electrons. The first-order valence-electron chi connectivity index (χ1n) is 16.5. The van der Waals surface area contributed by atoms with E-state index in [9.17, 15) is 10.2 Å². The summed E-state index contributed by atoms with van der Waals surface area (Å²) >= 11 is 0. The Morgan fingerprint density at radius 1 is 0.617 bits per heavy atom. The second kappa shape index (κ2) is 14.7. The maximum Gasteiger partial charge on any atom is 0.142 e. The van der Waals surface area contributed by atoms with Gasteiger partial charge in [0, 0.05) is 74.0 Å². The Balaban J connectivity index is 0.00000600. The van der Waals surface area contributed by atoms with Gasteiger partial charge in [-0.15, -0.1) is 0 Å². The fourth-order valence-corrected chi connectivity index (χ4v) is 6.06. The molecule has 0 atom stereocenters. The monoisotopic (exact) mass is 801 g/mol. The van der Waals surface area contributed by atoms with Crippen LogP contribution in [0.5, 0.6) is 11.5 Å². The third-order valence-electron chi connectivity index (χ3n) is 8.78. The van der Waals surface area contributed by atoms with E-state index in [1.807, 2.05) is 12.1 Å². The van der Waals surface area contributed by atoms with Crippen molar-refractivity contribution in [3.05, 3.63) is 94.5 Å². The zero-order valence-electron chi connectivity index (χ0n) is 30.7. The summed E-state index contributed by atoms with van der Waals surface area (Å²) in [6, 6.07) is 23.3. The Bertz CT molecular complexity index is 1670. The van der Waals surface area contributed by atoms with Crippen LogP contribution in [-0.2, 0) is 46.8 Å². The van der Waals surface area contributed by atoms with Gasteiger partial charge in [0.2, 0.25) is 0 Å². The number of hydrogen-bond acceptors (Lipinski definition) is 4. The normalized spacial score (nSPS) is 12.2. The summed E-state index contributed by atoms with van der Waals surface area (Å²) in [5, 5.41) is 23.9. The average Bonchev–Trinajstić information content (AvgIpc) is 2.96. The van der Waals surface area contributed by atoms with Crippen LogP contribution in [-0.4, -0.2) is 30.5 Å². The van der Waals surface area contributed by atoms with E-state index >= 15 is 0 Å². The molecule has 4 aromatic rings. The molecule has 0 aliphatic rings. The van der Waals surface area contributed by atoms with Crippen molar-refractivity contribution >= 4 is 11.4 Å². The minimum Gasteiger partial charge on any atom is -0.507 e. The molecule has 0 radical (unpaired) electrons. The molecule has 0 fully saturated rings. The molecule has 4 aromatic carbocycles. The second-order valence-electron chi connectivity index (χ2n) is 16.0. The van der Waals surface area contributed by atoms with E-state index in [-0.39, 0.29) is 53.6 Å². The van der Waals surface area contributed by atoms with Gasteiger partial charge in [-0.25, -0.2) is 0 Å². The van der Waals surface area contributed by atoms with Crippen LogP contribution in [0, 0.1) is 13.8 Å². The van der Waals surface area contributed by atoms with Crippen molar-refractivity contribution in [2.75, 3.05) is 25.2 Å². The summed E-state index contributed by atoms with van der Waals surface area (Å²) in [6.45, 7) is 25.2. The van der Waals surface area contributed by atoms with Crippen LogP contribution in [0.15, 0.2) is 66.7 Å². The van der Waals surface area contributed by atoms with Crippen LogP contribution in [0.1, 0.15) is 96.6 Å². The van der Waals surface area contributed by atoms with Gasteiger partial charge in [0.1, 0.15) is 11.5 Å². The standard InChI is InChI=1S/C42H55NO3.Hf/c1-27-20-33(29-24-30(40(3,4)5)26-31(25-29)41(6,7)8)38(44)34(21-27)32-16-13-14-17-36(32)43(18-15-19-46-12)37-23-28(2)22-35(39(37)45)42(9,10)11;/h13-14,16-17,20-26,44-45H,15,18-19H2,1-12H3;. The van der Waals surface area contributed by atoms with E-state index in [1.165, 1.54) is 11.1 Å². The third kappa shape index (κ3) is 8.78. The minimum absolute atomic E-state index is 0. The largest absolute Gasteiger partial charge is 0.507 e. The van der Waals surface area contributed by atoms with Crippen molar-refractivity contribution in [1.29, 1.82) is 0 Å². The van der Waals surface area contributed by atoms with Gasteiger partial charge in [-0.3, -0.25) is 0 Å². The predicted octanol–water partition coefficient (Wildman–Crippen LogP) is 11.1. The van der Waals surface area contributed by atoms with Gasteiger partial charge in [-0.05, 0) is 88.6 Å². The predicted molar refractivity (Wildman–Crippen MR) is 196 cm³/mol. The van der Waals surface area contributed by atoms with Crippen LogP contribution >= 0.6 is 0 Å². The molecule has 0 saturated heterocycles. The van der Waals surface area contributed by atoms with Crippen LogP contribution in [0.2, 0.25) is 0 Å². The number of rotatable bonds is 8. The van der Waals surface area contributed by atoms with Crippen LogP contribution < -0.4 is 4.90 Å². The summed E-state index contributed by atoms with van der Waals surface area (Å²) in [4.78, 5) is 2.19. The zero-order chi connectivity index (χ0) is 34.2. The molecule has 0 bridgehead atoms. The minimum atomic E-state index is -0.236. The summed E-state index contributed by atoms with van der Waals surface area (Å²) in [7, 11) is 1.71. The van der Waals surface area contributed by atoms with E-state index in [0.717, 1.165) is 56.7 Å². The van der Waals surface area contributed by atoms with Gasteiger partial charge in [0.15, 0.2) is 0 Å². The van der Waals surface area contributed by atoms with Crippen molar-refractivity contribution in [2.45, 2.75) is 98.8 Å². The van der Waals surface area contributed by atoms with Gasteiger partial charge in [-0.2, -0.15) is 0 Å². The zero-order valence-corrected chi connectivity index (χ0v) is 34.3. The van der Waals surface area contributed by atoms with E-state index < -0.39 is 0 Å². The Hall–Kier alpha value is -2.89. The molecule has 0 aromatic heterocycles. The second-order valence-corrected chi connectivity index (χ2v) is 16.0. The number of phenolic OH excluding ortho intramolecular Hbond substituents is 2. The van der Waals surface area contributed by atoms with Gasteiger partial charge in [-0.1, -0.05) is 105 Å². The summed E-state index contributed by atoms with van der Waals surface area (Å²) in [5.41, 5.74) is 10.4. The number of methoxy groups -OCH3 is 1. The van der Waals surface area contributed by atoms with Crippen molar-refractivity contribution < 1.29 is 40.8 Å². The number of phenols is 2. The molecule has 0 amide bonds. The molecule has 2 N–H and O–H groups in total. The maximum absolute atomic E-state index is 12.2. The SMILES string of the molecule is COCCCN(c1ccccc1-c1cc(C)cc(-c2cc(C(C)(C)C)cc(C(C)(C)C)c2)c1O)c1cc(C)cc(C(C)(C)C)c1O.[Hf]. The molecule has 0 heterocycles. The maximum atomic E-state index is 12.2. The number of anilines is 2. The molecule has 4 rings (SSSR count). The van der Waals surface area contributed by atoms with E-state index in [1.54, 1.807) is 7.11 Å². The van der Waals surface area contributed by atoms with Crippen molar-refractivity contribution in [1.82, 2.24) is 0 Å². The van der Waals surface area contributed by atoms with Gasteiger partial charge < -0.3 is 19.8 Å². The topological polar surface area (TPSA) is 52.9 Å². The quantitative estimate of drug-likeness (QED) is 0.138. The third-order valence-corrected chi connectivity index (χ3v) is 8.78. The molecular formula is C42H55HfNO3. The Morgan fingerprint density at radius 3 is 1.72 bits per heavy atom. The number of aryl methyl sites for hydroxylation is 2. The fourth-order valence-electron chi connectivity index (χ4n) is 6.06. The number of ether oxygens (including phenoxy) is 1. The number of para-hydroxylation sites is 1. The first-order chi connectivity index (χ1) is 21.3. The van der Waals surface area contributed by atoms with Crippen molar-refractivity contribution in [2.24, 2.45) is 0 Å². The fraction of sp³-hybridized carbons (Fsp3) is 0.429. The molecule has 0 saturated carbocycles. The molecule has 0 spiro atoms. The van der Waals surface area contributed by atoms with E-state index in [4.69, 9.17) is 4.74 Å². The molecular weight excluding hydrogens is 745 g/mol. The van der Waals surface area contributed by atoms with E-state index in [2.05, 4.69) is 136 Å². The first kappa shape index (κ1) is 38.6. The number of aromatic hydroxyl groups is 2. The number of benzene rings is 4. The molecule has 0 aliphatic heterocycles. The Morgan fingerprint density at radius 2 is 1.17 bits per heavy atom. The molecule has 47 heavy (non-hydrogen) atoms. The van der Waals surface area contributed by atoms with Gasteiger partial charge >= 0.3 is 0 Å².